The summed E-state index contributed by atoms with van der Waals surface area (Å²) in [6, 6.07) is 21.4. The first-order valence-corrected chi connectivity index (χ1v) is 10.6. The summed E-state index contributed by atoms with van der Waals surface area (Å²) in [5, 5.41) is 0. The Kier molecular flexibility index (Phi) is 7.79. The second kappa shape index (κ2) is 10.9. The summed E-state index contributed by atoms with van der Waals surface area (Å²) < 4.78 is 15.6. The van der Waals surface area contributed by atoms with Crippen molar-refractivity contribution in [2.45, 2.75) is 12.3 Å². The summed E-state index contributed by atoms with van der Waals surface area (Å²) in [5.74, 6) is -0.474. The second-order valence-corrected chi connectivity index (χ2v) is 7.57. The molecule has 0 aliphatic rings. The minimum Gasteiger partial charge on any atom is -0.423 e. The van der Waals surface area contributed by atoms with Crippen LogP contribution in [0.15, 0.2) is 111 Å². The molecule has 0 N–H and O–H groups in total. The lowest BCUT2D eigenvalue weighted by Gasteiger charge is -2.32. The van der Waals surface area contributed by atoms with Gasteiger partial charge in [0.15, 0.2) is 0 Å². The van der Waals surface area contributed by atoms with E-state index in [4.69, 9.17) is 14.2 Å². The predicted molar refractivity (Wildman–Crippen MR) is 132 cm³/mol. The molecule has 0 bridgehead atoms. The molecule has 6 heteroatoms. The number of rotatable bonds is 9. The maximum absolute atomic E-state index is 11.5. The van der Waals surface area contributed by atoms with E-state index < -0.39 is 23.3 Å². The molecule has 0 saturated carbocycles. The van der Waals surface area contributed by atoms with Crippen molar-refractivity contribution in [2.75, 3.05) is 0 Å². The molecule has 0 heterocycles. The molecule has 6 nitrogen and oxygen atoms in total. The van der Waals surface area contributed by atoms with Crippen LogP contribution in [-0.4, -0.2) is 17.9 Å². The van der Waals surface area contributed by atoms with Crippen LogP contribution in [0.25, 0.3) is 0 Å². The van der Waals surface area contributed by atoms with E-state index in [9.17, 15) is 14.4 Å². The monoisotopic (exact) mass is 468 g/mol. The lowest BCUT2D eigenvalue weighted by Crippen LogP contribution is -2.25. The van der Waals surface area contributed by atoms with Gasteiger partial charge in [-0.3, -0.25) is 0 Å². The van der Waals surface area contributed by atoms with Crippen molar-refractivity contribution < 1.29 is 28.6 Å². The van der Waals surface area contributed by atoms with Crippen LogP contribution in [0.1, 0.15) is 23.6 Å². The average Bonchev–Trinajstić information content (AvgIpc) is 2.89. The Bertz CT molecular complexity index is 1090. The topological polar surface area (TPSA) is 78.9 Å². The summed E-state index contributed by atoms with van der Waals surface area (Å²) >= 11 is 0. The summed E-state index contributed by atoms with van der Waals surface area (Å²) in [6.07, 6.45) is 3.29. The van der Waals surface area contributed by atoms with Gasteiger partial charge in [0.05, 0.1) is 0 Å². The van der Waals surface area contributed by atoms with Crippen LogP contribution < -0.4 is 14.2 Å². The van der Waals surface area contributed by atoms with Gasteiger partial charge in [0.2, 0.25) is 0 Å². The molecule has 0 spiro atoms. The summed E-state index contributed by atoms with van der Waals surface area (Å²) in [7, 11) is 0. The summed E-state index contributed by atoms with van der Waals surface area (Å²) in [4.78, 5) is 34.6. The van der Waals surface area contributed by atoms with Crippen molar-refractivity contribution in [1.82, 2.24) is 0 Å². The molecule has 0 saturated heterocycles. The molecule has 0 radical (unpaired) electrons. The van der Waals surface area contributed by atoms with Gasteiger partial charge in [-0.25, -0.2) is 14.4 Å². The average molecular weight is 469 g/mol. The molecular formula is C29H24O6. The molecule has 0 aliphatic carbocycles. The van der Waals surface area contributed by atoms with Crippen molar-refractivity contribution in [3.8, 4) is 17.2 Å². The van der Waals surface area contributed by atoms with Gasteiger partial charge in [-0.2, -0.15) is 0 Å². The van der Waals surface area contributed by atoms with Crippen LogP contribution in [0.5, 0.6) is 17.2 Å². The highest BCUT2D eigenvalue weighted by Crippen LogP contribution is 2.40. The number of hydrogen-bond acceptors (Lipinski definition) is 6. The molecule has 3 aromatic carbocycles. The van der Waals surface area contributed by atoms with Crippen LogP contribution in [0.3, 0.4) is 0 Å². The van der Waals surface area contributed by atoms with E-state index in [0.717, 1.165) is 34.9 Å². The zero-order valence-electron chi connectivity index (χ0n) is 19.2. The van der Waals surface area contributed by atoms with Crippen molar-refractivity contribution in [2.24, 2.45) is 0 Å². The first-order valence-electron chi connectivity index (χ1n) is 10.6. The highest BCUT2D eigenvalue weighted by molar-refractivity contribution is 5.84. The molecule has 0 unspecified atom stereocenters. The van der Waals surface area contributed by atoms with Crippen molar-refractivity contribution in [3.05, 3.63) is 127 Å². The predicted octanol–water partition coefficient (Wildman–Crippen LogP) is 5.32. The Morgan fingerprint density at radius 2 is 0.771 bits per heavy atom. The third kappa shape index (κ3) is 5.81. The number of carbonyl (C=O) groups excluding carboxylic acids is 3. The normalized spacial score (nSPS) is 10.5. The van der Waals surface area contributed by atoms with Gasteiger partial charge in [0.1, 0.15) is 17.2 Å². The maximum Gasteiger partial charge on any atom is 0.335 e. The van der Waals surface area contributed by atoms with Gasteiger partial charge in [0, 0.05) is 23.6 Å². The molecule has 0 atom stereocenters. The van der Waals surface area contributed by atoms with E-state index in [1.807, 2.05) is 43.3 Å². The molecule has 0 amide bonds. The number of esters is 3. The number of benzene rings is 3. The Balaban J connectivity index is 2.04. The molecule has 0 aliphatic heterocycles. The smallest absolute Gasteiger partial charge is 0.335 e. The van der Waals surface area contributed by atoms with E-state index in [-0.39, 0.29) is 0 Å². The van der Waals surface area contributed by atoms with Gasteiger partial charge < -0.3 is 14.2 Å². The minimum atomic E-state index is -0.664. The fraction of sp³-hybridized carbons (Fsp3) is 0.0690. The van der Waals surface area contributed by atoms with Crippen molar-refractivity contribution in [3.63, 3.8) is 0 Å². The number of ether oxygens (including phenoxy) is 3. The first kappa shape index (κ1) is 24.9. The van der Waals surface area contributed by atoms with Gasteiger partial charge in [-0.1, -0.05) is 56.1 Å². The van der Waals surface area contributed by atoms with Crippen LogP contribution in [-0.2, 0) is 19.8 Å². The Morgan fingerprint density at radius 3 is 0.971 bits per heavy atom. The highest BCUT2D eigenvalue weighted by atomic mass is 16.5. The summed E-state index contributed by atoms with van der Waals surface area (Å²) in [5.41, 5.74) is 2.05. The van der Waals surface area contributed by atoms with Crippen LogP contribution in [0.2, 0.25) is 0 Å². The minimum absolute atomic E-state index is 0.388. The third-order valence-corrected chi connectivity index (χ3v) is 5.45. The van der Waals surface area contributed by atoms with E-state index in [2.05, 4.69) is 19.7 Å². The molecular weight excluding hydrogens is 444 g/mol. The third-order valence-electron chi connectivity index (χ3n) is 5.45. The molecule has 176 valence electrons. The molecule has 0 fully saturated rings. The Labute approximate surface area is 203 Å². The fourth-order valence-electron chi connectivity index (χ4n) is 3.54. The van der Waals surface area contributed by atoms with Crippen LogP contribution in [0.4, 0.5) is 0 Å². The van der Waals surface area contributed by atoms with Gasteiger partial charge >= 0.3 is 17.9 Å². The van der Waals surface area contributed by atoms with Crippen LogP contribution >= 0.6 is 0 Å². The first-order chi connectivity index (χ1) is 16.8. The quantitative estimate of drug-likeness (QED) is 0.183. The lowest BCUT2D eigenvalue weighted by molar-refractivity contribution is -0.129. The van der Waals surface area contributed by atoms with E-state index >= 15 is 0 Å². The number of hydrogen-bond donors (Lipinski definition) is 0. The number of carbonyl (C=O) groups is 3. The fourth-order valence-corrected chi connectivity index (χ4v) is 3.54. The molecule has 3 aromatic rings. The summed E-state index contributed by atoms with van der Waals surface area (Å²) in [6.45, 7) is 12.3. The zero-order chi connectivity index (χ0) is 25.4. The van der Waals surface area contributed by atoms with Gasteiger partial charge in [-0.05, 0) is 60.0 Å². The van der Waals surface area contributed by atoms with E-state index in [1.165, 1.54) is 0 Å². The second-order valence-electron chi connectivity index (χ2n) is 7.57. The molecule has 0 aromatic heterocycles. The van der Waals surface area contributed by atoms with E-state index in [0.29, 0.717) is 17.2 Å². The molecule has 3 rings (SSSR count). The van der Waals surface area contributed by atoms with Crippen LogP contribution in [0, 0.1) is 0 Å². The standard InChI is InChI=1S/C29H24O6/c1-5-26(30)33-23-14-8-20(9-15-23)29(4,21-10-16-24(17-11-21)34-27(31)6-2)22-12-18-25(19-13-22)35-28(32)7-3/h5-19H,1-3H2,4H3. The maximum atomic E-state index is 11.5. The van der Waals surface area contributed by atoms with E-state index in [1.54, 1.807) is 36.4 Å². The van der Waals surface area contributed by atoms with Gasteiger partial charge in [0.25, 0.3) is 0 Å². The highest BCUT2D eigenvalue weighted by Gasteiger charge is 2.31. The SMILES string of the molecule is C=CC(=O)Oc1ccc(C(C)(c2ccc(OC(=O)C=C)cc2)c2ccc(OC(=O)C=C)cc2)cc1. The molecule has 35 heavy (non-hydrogen) atoms. The zero-order valence-corrected chi connectivity index (χ0v) is 19.2. The Morgan fingerprint density at radius 1 is 0.543 bits per heavy atom. The Hall–Kier alpha value is -4.71. The lowest BCUT2D eigenvalue weighted by atomic mass is 9.71. The van der Waals surface area contributed by atoms with Gasteiger partial charge in [-0.15, -0.1) is 0 Å². The largest absolute Gasteiger partial charge is 0.423 e. The van der Waals surface area contributed by atoms with Crippen molar-refractivity contribution >= 4 is 17.9 Å². The van der Waals surface area contributed by atoms with Crippen molar-refractivity contribution in [1.29, 1.82) is 0 Å².